The average molecular weight is 490 g/mol. The predicted octanol–water partition coefficient (Wildman–Crippen LogP) is 4.35. The summed E-state index contributed by atoms with van der Waals surface area (Å²) in [7, 11) is -1.36. The Morgan fingerprint density at radius 2 is 1.71 bits per heavy atom. The molecule has 1 unspecified atom stereocenters. The van der Waals surface area contributed by atoms with Gasteiger partial charge in [0.15, 0.2) is 0 Å². The first kappa shape index (κ1) is 25.2. The number of benzene rings is 1. The molecule has 8 heteroatoms. The van der Waals surface area contributed by atoms with Crippen LogP contribution in [0, 0.1) is 5.41 Å². The van der Waals surface area contributed by atoms with Crippen molar-refractivity contribution in [2.75, 3.05) is 44.3 Å². The van der Waals surface area contributed by atoms with Gasteiger partial charge in [-0.05, 0) is 78.5 Å². The van der Waals surface area contributed by atoms with Crippen LogP contribution in [0.15, 0.2) is 22.6 Å². The number of ether oxygens (including phenoxy) is 2. The first-order valence-corrected chi connectivity index (χ1v) is 13.4. The lowest BCUT2D eigenvalue weighted by molar-refractivity contribution is 0.0159. The Balaban J connectivity index is 1.64. The van der Waals surface area contributed by atoms with Crippen LogP contribution in [0.1, 0.15) is 65.5 Å². The zero-order chi connectivity index (χ0) is 24.7. The quantitative estimate of drug-likeness (QED) is 0.618. The Bertz CT molecular complexity index is 979. The van der Waals surface area contributed by atoms with E-state index in [1.807, 2.05) is 41.5 Å². The van der Waals surface area contributed by atoms with Crippen molar-refractivity contribution in [3.05, 3.63) is 29.3 Å². The fourth-order valence-corrected chi connectivity index (χ4v) is 5.65. The number of piperidine rings is 1. The van der Waals surface area contributed by atoms with Crippen LogP contribution in [0.4, 0.5) is 10.5 Å². The summed E-state index contributed by atoms with van der Waals surface area (Å²) in [5.41, 5.74) is 3.78. The van der Waals surface area contributed by atoms with Crippen molar-refractivity contribution in [3.8, 4) is 0 Å². The van der Waals surface area contributed by atoms with Gasteiger partial charge in [-0.3, -0.25) is 0 Å². The van der Waals surface area contributed by atoms with Crippen molar-refractivity contribution in [3.63, 3.8) is 0 Å². The summed E-state index contributed by atoms with van der Waals surface area (Å²) in [5.74, 6) is 0. The second kappa shape index (κ2) is 9.26. The lowest BCUT2D eigenvalue weighted by Crippen LogP contribution is -2.47. The number of hydrogen-bond acceptors (Lipinski definition) is 5. The molecule has 0 radical (unpaired) electrons. The third kappa shape index (κ3) is 5.33. The number of carbonyl (C=O) groups excluding carboxylic acids is 1. The van der Waals surface area contributed by atoms with Gasteiger partial charge in [0, 0.05) is 42.8 Å². The van der Waals surface area contributed by atoms with Gasteiger partial charge in [-0.1, -0.05) is 6.07 Å². The number of fused-ring (bicyclic) bond motifs is 1. The van der Waals surface area contributed by atoms with Crippen LogP contribution >= 0.6 is 0 Å². The summed E-state index contributed by atoms with van der Waals surface area (Å²) in [5, 5.41) is 0. The van der Waals surface area contributed by atoms with Gasteiger partial charge in [0.1, 0.15) is 16.6 Å². The molecule has 1 atom stereocenters. The van der Waals surface area contributed by atoms with Crippen LogP contribution in [-0.2, 0) is 26.9 Å². The summed E-state index contributed by atoms with van der Waals surface area (Å²) in [6.07, 6.45) is 2.18. The van der Waals surface area contributed by atoms with Gasteiger partial charge in [0.05, 0.1) is 23.7 Å². The summed E-state index contributed by atoms with van der Waals surface area (Å²) in [6.45, 7) is 16.0. The van der Waals surface area contributed by atoms with E-state index in [4.69, 9.17) is 13.9 Å². The average Bonchev–Trinajstić information content (AvgIpc) is 3.05. The van der Waals surface area contributed by atoms with Crippen molar-refractivity contribution < 1.29 is 18.5 Å². The Morgan fingerprint density at radius 1 is 1.06 bits per heavy atom. The second-order valence-electron chi connectivity index (χ2n) is 11.7. The lowest BCUT2D eigenvalue weighted by Gasteiger charge is -2.40. The van der Waals surface area contributed by atoms with Gasteiger partial charge in [-0.25, -0.2) is 9.00 Å². The van der Waals surface area contributed by atoms with E-state index in [-0.39, 0.29) is 11.5 Å². The van der Waals surface area contributed by atoms with Gasteiger partial charge in [0.2, 0.25) is 0 Å². The Kier molecular flexibility index (Phi) is 6.86. The Labute approximate surface area is 206 Å². The van der Waals surface area contributed by atoms with E-state index in [1.165, 1.54) is 11.3 Å². The van der Waals surface area contributed by atoms with Crippen LogP contribution in [0.5, 0.6) is 0 Å². The molecule has 3 aliphatic rings. The van der Waals surface area contributed by atoms with Gasteiger partial charge >= 0.3 is 6.09 Å². The second-order valence-corrected chi connectivity index (χ2v) is 13.6. The first-order chi connectivity index (χ1) is 15.9. The molecule has 1 amide bonds. The molecule has 0 saturated carbocycles. The van der Waals surface area contributed by atoms with Gasteiger partial charge in [-0.15, -0.1) is 0 Å². The highest BCUT2D eigenvalue weighted by Gasteiger charge is 2.47. The molecule has 7 nitrogen and oxygen atoms in total. The van der Waals surface area contributed by atoms with E-state index in [1.54, 1.807) is 4.90 Å². The molecular formula is C26H39N3O4S. The monoisotopic (exact) mass is 489 g/mol. The molecule has 1 aromatic rings. The number of anilines is 1. The minimum absolute atomic E-state index is 0.203. The summed E-state index contributed by atoms with van der Waals surface area (Å²) in [6, 6.07) is 6.64. The summed E-state index contributed by atoms with van der Waals surface area (Å²) in [4.78, 5) is 16.8. The topological polar surface area (TPSA) is 71.4 Å². The van der Waals surface area contributed by atoms with Crippen LogP contribution in [0.3, 0.4) is 0 Å². The molecule has 2 heterocycles. The van der Waals surface area contributed by atoms with E-state index in [2.05, 4.69) is 23.1 Å². The van der Waals surface area contributed by atoms with Crippen LogP contribution in [0.25, 0.3) is 0 Å². The SMILES string of the molecule is CC(C)(C)OC(=O)N1CCC2(CC1)Cc1ccc(N3CCOCC3)cc1/C2=N\S(=O)C(C)(C)C. The molecule has 1 aromatic carbocycles. The maximum absolute atomic E-state index is 13.2. The Hall–Kier alpha value is -1.93. The van der Waals surface area contributed by atoms with Crippen LogP contribution < -0.4 is 4.90 Å². The number of hydrogen-bond donors (Lipinski definition) is 0. The van der Waals surface area contributed by atoms with E-state index in [0.717, 1.165) is 56.8 Å². The largest absolute Gasteiger partial charge is 0.444 e. The molecule has 0 bridgehead atoms. The highest BCUT2D eigenvalue weighted by atomic mass is 32.2. The number of nitrogens with zero attached hydrogens (tertiary/aromatic N) is 3. The van der Waals surface area contributed by atoms with Gasteiger partial charge in [-0.2, -0.15) is 4.40 Å². The highest BCUT2D eigenvalue weighted by molar-refractivity contribution is 7.85. The first-order valence-electron chi connectivity index (χ1n) is 12.3. The molecule has 2 fully saturated rings. The predicted molar refractivity (Wildman–Crippen MR) is 137 cm³/mol. The molecule has 188 valence electrons. The minimum Gasteiger partial charge on any atom is -0.444 e. The van der Waals surface area contributed by atoms with Gasteiger partial charge in [0.25, 0.3) is 0 Å². The molecule has 1 aliphatic carbocycles. The molecule has 1 spiro atoms. The van der Waals surface area contributed by atoms with Crippen LogP contribution in [0.2, 0.25) is 0 Å². The summed E-state index contributed by atoms with van der Waals surface area (Å²) >= 11 is 0. The number of carbonyl (C=O) groups is 1. The number of rotatable bonds is 2. The maximum atomic E-state index is 13.2. The van der Waals surface area contributed by atoms with E-state index in [9.17, 15) is 9.00 Å². The summed E-state index contributed by atoms with van der Waals surface area (Å²) < 4.78 is 28.8. The van der Waals surface area contributed by atoms with Crippen molar-refractivity contribution in [1.82, 2.24) is 4.90 Å². The zero-order valence-corrected chi connectivity index (χ0v) is 22.3. The standard InChI is InChI=1S/C26H39N3O4S/c1-24(2,3)33-23(30)29-11-9-26(10-12-29)18-19-7-8-20(28-13-15-32-16-14-28)17-21(19)22(26)27-34(31)25(4,5)6/h7-8,17H,9-16,18H2,1-6H3/b27-22+. The van der Waals surface area contributed by atoms with E-state index >= 15 is 0 Å². The molecular weight excluding hydrogens is 450 g/mol. The van der Waals surface area contributed by atoms with Gasteiger partial charge < -0.3 is 19.3 Å². The molecule has 4 rings (SSSR count). The number of amides is 1. The highest BCUT2D eigenvalue weighted by Crippen LogP contribution is 2.46. The lowest BCUT2D eigenvalue weighted by atomic mass is 9.74. The van der Waals surface area contributed by atoms with E-state index in [0.29, 0.717) is 13.1 Å². The van der Waals surface area contributed by atoms with Crippen molar-refractivity contribution in [2.24, 2.45) is 9.81 Å². The van der Waals surface area contributed by atoms with Crippen molar-refractivity contribution >= 4 is 28.5 Å². The normalized spacial score (nSPS) is 22.7. The molecule has 0 aromatic heterocycles. The van der Waals surface area contributed by atoms with Crippen molar-refractivity contribution in [1.29, 1.82) is 0 Å². The fraction of sp³-hybridized carbons (Fsp3) is 0.692. The zero-order valence-electron chi connectivity index (χ0n) is 21.5. The molecule has 2 saturated heterocycles. The smallest absolute Gasteiger partial charge is 0.410 e. The molecule has 2 aliphatic heterocycles. The number of likely N-dealkylation sites (tertiary alicyclic amines) is 1. The molecule has 34 heavy (non-hydrogen) atoms. The van der Waals surface area contributed by atoms with Crippen LogP contribution in [-0.4, -0.2) is 70.7 Å². The third-order valence-corrected chi connectivity index (χ3v) is 8.22. The maximum Gasteiger partial charge on any atom is 0.410 e. The minimum atomic E-state index is -1.36. The van der Waals surface area contributed by atoms with Crippen molar-refractivity contribution in [2.45, 2.75) is 71.2 Å². The van der Waals surface area contributed by atoms with E-state index < -0.39 is 21.3 Å². The fourth-order valence-electron chi connectivity index (χ4n) is 4.91. The Morgan fingerprint density at radius 3 is 2.29 bits per heavy atom. The number of morpholine rings is 1. The third-order valence-electron chi connectivity index (χ3n) is 6.83. The molecule has 0 N–H and O–H groups in total.